The number of fused-ring (bicyclic) bond motifs is 1. The lowest BCUT2D eigenvalue weighted by Gasteiger charge is -2.12. The topological polar surface area (TPSA) is 100 Å². The van der Waals surface area contributed by atoms with Crippen molar-refractivity contribution in [1.82, 2.24) is 19.5 Å². The quantitative estimate of drug-likeness (QED) is 0.779. The van der Waals surface area contributed by atoms with Gasteiger partial charge in [-0.1, -0.05) is 0 Å². The molecular weight excluding hydrogens is 260 g/mol. The molecule has 2 aromatic rings. The first kappa shape index (κ1) is 13.1. The van der Waals surface area contributed by atoms with E-state index in [0.717, 1.165) is 19.4 Å². The number of anilines is 2. The number of ether oxygens (including phenoxy) is 2. The summed E-state index contributed by atoms with van der Waals surface area (Å²) >= 11 is 0. The average Bonchev–Trinajstić information content (AvgIpc) is 3.06. The minimum Gasteiger partial charge on any atom is -0.383 e. The van der Waals surface area contributed by atoms with Gasteiger partial charge < -0.3 is 20.5 Å². The molecule has 1 fully saturated rings. The highest BCUT2D eigenvalue weighted by atomic mass is 16.5. The smallest absolute Gasteiger partial charge is 0.226 e. The van der Waals surface area contributed by atoms with Gasteiger partial charge in [-0.2, -0.15) is 9.97 Å². The Morgan fingerprint density at radius 3 is 3.20 bits per heavy atom. The van der Waals surface area contributed by atoms with Crippen LogP contribution in [0.25, 0.3) is 11.2 Å². The van der Waals surface area contributed by atoms with Crippen LogP contribution < -0.4 is 11.1 Å². The minimum absolute atomic E-state index is 0.0128. The van der Waals surface area contributed by atoms with Crippen molar-refractivity contribution in [1.29, 1.82) is 0 Å². The van der Waals surface area contributed by atoms with Crippen molar-refractivity contribution in [2.75, 3.05) is 37.9 Å². The fraction of sp³-hybridized carbons (Fsp3) is 0.583. The molecule has 0 aromatic carbocycles. The molecule has 1 saturated heterocycles. The predicted octanol–water partition coefficient (Wildman–Crippen LogP) is 0.776. The third-order valence-corrected chi connectivity index (χ3v) is 3.25. The van der Waals surface area contributed by atoms with Crippen molar-refractivity contribution >= 4 is 22.9 Å². The van der Waals surface area contributed by atoms with Gasteiger partial charge in [0, 0.05) is 20.3 Å². The van der Waals surface area contributed by atoms with E-state index in [1.54, 1.807) is 13.4 Å². The van der Waals surface area contributed by atoms with Crippen LogP contribution in [0.2, 0.25) is 0 Å². The van der Waals surface area contributed by atoms with E-state index in [4.69, 9.17) is 15.2 Å². The Morgan fingerprint density at radius 1 is 1.55 bits per heavy atom. The summed E-state index contributed by atoms with van der Waals surface area (Å²) in [6.07, 6.45) is 3.71. The van der Waals surface area contributed by atoms with Crippen molar-refractivity contribution in [3.63, 3.8) is 0 Å². The molecule has 3 N–H and O–H groups in total. The largest absolute Gasteiger partial charge is 0.383 e. The predicted molar refractivity (Wildman–Crippen MR) is 74.3 cm³/mol. The molecule has 0 aliphatic carbocycles. The van der Waals surface area contributed by atoms with E-state index in [2.05, 4.69) is 20.3 Å². The maximum Gasteiger partial charge on any atom is 0.226 e. The number of imidazole rings is 1. The first-order valence-corrected chi connectivity index (χ1v) is 6.64. The molecule has 3 heterocycles. The monoisotopic (exact) mass is 278 g/mol. The molecule has 0 saturated carbocycles. The number of nitrogens with two attached hydrogens (primary N) is 1. The van der Waals surface area contributed by atoms with Crippen molar-refractivity contribution < 1.29 is 9.47 Å². The number of hydrogen-bond donors (Lipinski definition) is 2. The van der Waals surface area contributed by atoms with Crippen molar-refractivity contribution in [2.45, 2.75) is 19.1 Å². The summed E-state index contributed by atoms with van der Waals surface area (Å²) in [6, 6.07) is 0. The summed E-state index contributed by atoms with van der Waals surface area (Å²) < 4.78 is 12.6. The van der Waals surface area contributed by atoms with Crippen LogP contribution in [0.3, 0.4) is 0 Å². The van der Waals surface area contributed by atoms with Gasteiger partial charge in [0.1, 0.15) is 11.7 Å². The van der Waals surface area contributed by atoms with E-state index < -0.39 is 0 Å². The first-order valence-electron chi connectivity index (χ1n) is 6.64. The Balaban J connectivity index is 1.92. The van der Waals surface area contributed by atoms with Gasteiger partial charge in [0.2, 0.25) is 5.95 Å². The lowest BCUT2D eigenvalue weighted by Crippen LogP contribution is -2.12. The van der Waals surface area contributed by atoms with Gasteiger partial charge in [-0.15, -0.1) is 0 Å². The number of aromatic nitrogens is 4. The molecule has 1 aliphatic rings. The Hall–Kier alpha value is -1.93. The summed E-state index contributed by atoms with van der Waals surface area (Å²) in [5.74, 6) is 0.846. The molecule has 0 spiro atoms. The van der Waals surface area contributed by atoms with E-state index in [1.807, 2.05) is 4.57 Å². The highest BCUT2D eigenvalue weighted by molar-refractivity contribution is 5.82. The lowest BCUT2D eigenvalue weighted by atomic mass is 10.3. The van der Waals surface area contributed by atoms with Crippen molar-refractivity contribution in [3.8, 4) is 0 Å². The number of nitrogens with one attached hydrogen (secondary N) is 1. The molecule has 1 atom stereocenters. The third kappa shape index (κ3) is 2.39. The number of hydrogen-bond acceptors (Lipinski definition) is 7. The van der Waals surface area contributed by atoms with Gasteiger partial charge in [-0.05, 0) is 12.8 Å². The molecule has 8 heteroatoms. The molecule has 1 unspecified atom stereocenters. The SMILES string of the molecule is COCCNc1nc(N)c2ncn(C3CCCO3)c2n1. The van der Waals surface area contributed by atoms with Crippen LogP contribution in [0, 0.1) is 0 Å². The zero-order valence-corrected chi connectivity index (χ0v) is 11.4. The molecular formula is C12H18N6O2. The lowest BCUT2D eigenvalue weighted by molar-refractivity contribution is 0.0593. The van der Waals surface area contributed by atoms with Gasteiger partial charge in [-0.25, -0.2) is 4.98 Å². The Bertz CT molecular complexity index is 593. The summed E-state index contributed by atoms with van der Waals surface area (Å²) in [6.45, 7) is 1.96. The molecule has 8 nitrogen and oxygen atoms in total. The second-order valence-corrected chi connectivity index (χ2v) is 4.64. The second kappa shape index (κ2) is 5.59. The molecule has 0 amide bonds. The third-order valence-electron chi connectivity index (χ3n) is 3.25. The van der Waals surface area contributed by atoms with Crippen LogP contribution in [0.15, 0.2) is 6.33 Å². The second-order valence-electron chi connectivity index (χ2n) is 4.64. The molecule has 3 rings (SSSR count). The van der Waals surface area contributed by atoms with E-state index in [9.17, 15) is 0 Å². The molecule has 2 aromatic heterocycles. The Morgan fingerprint density at radius 2 is 2.45 bits per heavy atom. The Labute approximate surface area is 116 Å². The highest BCUT2D eigenvalue weighted by Crippen LogP contribution is 2.27. The van der Waals surface area contributed by atoms with E-state index >= 15 is 0 Å². The van der Waals surface area contributed by atoms with Gasteiger partial charge in [0.05, 0.1) is 12.9 Å². The summed E-state index contributed by atoms with van der Waals surface area (Å²) in [4.78, 5) is 13.0. The van der Waals surface area contributed by atoms with Gasteiger partial charge in [0.25, 0.3) is 0 Å². The maximum atomic E-state index is 5.93. The van der Waals surface area contributed by atoms with Crippen LogP contribution >= 0.6 is 0 Å². The van der Waals surface area contributed by atoms with Gasteiger partial charge in [0.15, 0.2) is 11.5 Å². The van der Waals surface area contributed by atoms with Crippen LogP contribution in [-0.2, 0) is 9.47 Å². The summed E-state index contributed by atoms with van der Waals surface area (Å²) in [7, 11) is 1.65. The number of nitrogen functional groups attached to an aromatic ring is 1. The minimum atomic E-state index is -0.0128. The summed E-state index contributed by atoms with van der Waals surface area (Å²) in [5, 5.41) is 3.08. The normalized spacial score (nSPS) is 18.8. The number of methoxy groups -OCH3 is 1. The number of rotatable bonds is 5. The molecule has 1 aliphatic heterocycles. The summed E-state index contributed by atoms with van der Waals surface area (Å²) in [5.41, 5.74) is 7.24. The van der Waals surface area contributed by atoms with E-state index in [1.165, 1.54) is 0 Å². The van der Waals surface area contributed by atoms with Crippen LogP contribution in [0.4, 0.5) is 11.8 Å². The van der Waals surface area contributed by atoms with Gasteiger partial charge >= 0.3 is 0 Å². The maximum absolute atomic E-state index is 5.93. The van der Waals surface area contributed by atoms with Crippen LogP contribution in [0.5, 0.6) is 0 Å². The van der Waals surface area contributed by atoms with Crippen molar-refractivity contribution in [3.05, 3.63) is 6.33 Å². The Kier molecular flexibility index (Phi) is 3.66. The molecule has 20 heavy (non-hydrogen) atoms. The van der Waals surface area contributed by atoms with E-state index in [0.29, 0.717) is 36.1 Å². The standard InChI is InChI=1S/C12H18N6O2/c1-19-6-4-14-12-16-10(13)9-11(17-12)18(7-15-9)8-3-2-5-20-8/h7-8H,2-6H2,1H3,(H3,13,14,16,17). The van der Waals surface area contributed by atoms with Crippen LogP contribution in [0.1, 0.15) is 19.1 Å². The average molecular weight is 278 g/mol. The zero-order chi connectivity index (χ0) is 13.9. The van der Waals surface area contributed by atoms with Crippen LogP contribution in [-0.4, -0.2) is 46.4 Å². The van der Waals surface area contributed by atoms with E-state index in [-0.39, 0.29) is 6.23 Å². The number of nitrogens with zero attached hydrogens (tertiary/aromatic N) is 4. The fourth-order valence-corrected chi connectivity index (χ4v) is 2.27. The van der Waals surface area contributed by atoms with Crippen molar-refractivity contribution in [2.24, 2.45) is 0 Å². The van der Waals surface area contributed by atoms with Gasteiger partial charge in [-0.3, -0.25) is 4.57 Å². The molecule has 0 bridgehead atoms. The molecule has 0 radical (unpaired) electrons. The fourth-order valence-electron chi connectivity index (χ4n) is 2.27. The zero-order valence-electron chi connectivity index (χ0n) is 11.4. The first-order chi connectivity index (χ1) is 9.79. The molecule has 108 valence electrons. The highest BCUT2D eigenvalue weighted by Gasteiger charge is 2.21.